The number of aliphatic carboxylic acids is 1. The van der Waals surface area contributed by atoms with Crippen LogP contribution < -0.4 is 11.1 Å². The summed E-state index contributed by atoms with van der Waals surface area (Å²) >= 11 is 2.31. The number of nitrogens with two attached hydrogens (primary N) is 1. The van der Waals surface area contributed by atoms with E-state index in [0.717, 1.165) is 22.3 Å². The molecule has 1 fully saturated rings. The minimum atomic E-state index is -1.33. The van der Waals surface area contributed by atoms with Crippen molar-refractivity contribution in [3.8, 4) is 11.5 Å². The Morgan fingerprint density at radius 2 is 1.88 bits per heavy atom. The molecule has 2 aromatic rings. The van der Waals surface area contributed by atoms with Gasteiger partial charge in [0.25, 0.3) is 23.6 Å². The summed E-state index contributed by atoms with van der Waals surface area (Å²) in [5.41, 5.74) is 5.65. The number of nitrogens with one attached hydrogen (secondary N) is 1. The van der Waals surface area contributed by atoms with Crippen molar-refractivity contribution in [3.63, 3.8) is 0 Å². The van der Waals surface area contributed by atoms with Gasteiger partial charge in [-0.2, -0.15) is 0 Å². The maximum absolute atomic E-state index is 13.6. The van der Waals surface area contributed by atoms with Gasteiger partial charge in [-0.15, -0.1) is 23.1 Å². The minimum absolute atomic E-state index is 0.0112. The Labute approximate surface area is 292 Å². The molecule has 1 aromatic carbocycles. The van der Waals surface area contributed by atoms with Gasteiger partial charge in [-0.3, -0.25) is 29.0 Å². The lowest BCUT2D eigenvalue weighted by Crippen LogP contribution is -2.71. The fourth-order valence-electron chi connectivity index (χ4n) is 5.96. The van der Waals surface area contributed by atoms with E-state index < -0.39 is 70.8 Å². The number of β-lactam (4-membered cyclic amide) rings is 1. The Balaban J connectivity index is 1.34. The molecule has 266 valence electrons. The van der Waals surface area contributed by atoms with Crippen LogP contribution in [-0.4, -0.2) is 139 Å². The van der Waals surface area contributed by atoms with E-state index in [2.05, 4.69) is 15.5 Å². The maximum atomic E-state index is 13.6. The number of methoxy groups -OCH3 is 1. The number of likely N-dealkylation sites (N-methyl/N-ethyl adjacent to an activating group) is 1. The normalized spacial score (nSPS) is 18.9. The average molecular weight is 733 g/mol. The predicted molar refractivity (Wildman–Crippen MR) is 177 cm³/mol. The molecule has 18 nitrogen and oxygen atoms in total. The molecule has 0 saturated carbocycles. The highest BCUT2D eigenvalue weighted by Crippen LogP contribution is 2.42. The molecular weight excluding hydrogens is 699 g/mol. The van der Waals surface area contributed by atoms with Crippen LogP contribution in [-0.2, 0) is 28.8 Å². The van der Waals surface area contributed by atoms with E-state index in [1.54, 1.807) is 0 Å². The smallest absolute Gasteiger partial charge is 0.355 e. The molecular formula is C30H34N7O11S2+. The number of thiazole rings is 1. The molecule has 50 heavy (non-hydrogen) atoms. The summed E-state index contributed by atoms with van der Waals surface area (Å²) in [5.74, 6) is -5.79. The fourth-order valence-corrected chi connectivity index (χ4v) is 7.85. The summed E-state index contributed by atoms with van der Waals surface area (Å²) < 4.78 is 5.38. The number of aromatic nitrogens is 1. The van der Waals surface area contributed by atoms with Gasteiger partial charge in [-0.25, -0.2) is 14.6 Å². The number of ether oxygens (including phenoxy) is 1. The highest BCUT2D eigenvalue weighted by atomic mass is 32.2. The second-order valence-corrected chi connectivity index (χ2v) is 13.5. The van der Waals surface area contributed by atoms with Crippen LogP contribution in [0.4, 0.5) is 5.13 Å². The van der Waals surface area contributed by atoms with Gasteiger partial charge in [-0.1, -0.05) is 5.16 Å². The highest BCUT2D eigenvalue weighted by molar-refractivity contribution is 8.00. The molecule has 20 heteroatoms. The monoisotopic (exact) mass is 732 g/mol. The first-order valence-corrected chi connectivity index (χ1v) is 17.1. The number of imide groups is 1. The number of quaternary nitrogens is 1. The van der Waals surface area contributed by atoms with Crippen molar-refractivity contribution in [2.24, 2.45) is 5.16 Å². The van der Waals surface area contributed by atoms with Gasteiger partial charge in [0, 0.05) is 16.7 Å². The van der Waals surface area contributed by atoms with Crippen LogP contribution in [0.5, 0.6) is 11.5 Å². The first kappa shape index (κ1) is 36.1. The van der Waals surface area contributed by atoms with Gasteiger partial charge in [0.15, 0.2) is 22.3 Å². The van der Waals surface area contributed by atoms with E-state index in [-0.39, 0.29) is 53.0 Å². The van der Waals surface area contributed by atoms with Gasteiger partial charge in [0.1, 0.15) is 29.4 Å². The van der Waals surface area contributed by atoms with Crippen molar-refractivity contribution in [2.45, 2.75) is 25.3 Å². The Bertz CT molecular complexity index is 1840. The summed E-state index contributed by atoms with van der Waals surface area (Å²) in [6, 6.07) is 1.34. The number of aromatic hydroxyl groups is 2. The summed E-state index contributed by atoms with van der Waals surface area (Å²) in [5, 5.41) is 36.0. The third-order valence-electron chi connectivity index (χ3n) is 8.79. The lowest BCUT2D eigenvalue weighted by atomic mass is 10.0. The summed E-state index contributed by atoms with van der Waals surface area (Å²) in [4.78, 5) is 88.2. The SMILES string of the molecule is CC[N+](CC)(CCN1C(=O)c2ccc(O)c(O)c2C1=O)CC1=C(C(=O)OC)N2C(=O)[C@@H](NC(=O)/C(=N\OCC(=O)O)c3csc(N)n3)[C@H]2SC1. The summed E-state index contributed by atoms with van der Waals surface area (Å²) in [6.07, 6.45) is 0. The third-order valence-corrected chi connectivity index (χ3v) is 10.8. The second-order valence-electron chi connectivity index (χ2n) is 11.5. The highest BCUT2D eigenvalue weighted by Gasteiger charge is 2.55. The standard InChI is InChI=1S/C30H33N7O11S2/c1-4-37(5-2,9-8-35-25(43)15-6-7-17(38)23(41)19(15)26(35)44)10-14-12-49-28-21(27(45)36(28)22(14)29(46)47-3)33-24(42)20(34-48-11-18(39)40)16-13-50-30(31)32-16/h6-7,13,21,28H,4-5,8-12H2,1-3H3,(H5-,31,32,33,34,38,39,40,41,42,43,44)/p+1/t21-,28-/m1/s1. The number of nitrogen functional groups attached to an aromatic ring is 1. The lowest BCUT2D eigenvalue weighted by molar-refractivity contribution is -0.919. The maximum Gasteiger partial charge on any atom is 0.355 e. The lowest BCUT2D eigenvalue weighted by Gasteiger charge is -2.50. The van der Waals surface area contributed by atoms with Crippen LogP contribution in [0.25, 0.3) is 0 Å². The van der Waals surface area contributed by atoms with Crippen LogP contribution in [0, 0.1) is 0 Å². The van der Waals surface area contributed by atoms with E-state index in [0.29, 0.717) is 23.1 Å². The van der Waals surface area contributed by atoms with Crippen LogP contribution in [0.3, 0.4) is 0 Å². The number of hydrogen-bond acceptors (Lipinski definition) is 15. The molecule has 6 N–H and O–H groups in total. The van der Waals surface area contributed by atoms with E-state index >= 15 is 0 Å². The number of carboxylic acids is 1. The van der Waals surface area contributed by atoms with E-state index in [9.17, 15) is 39.0 Å². The molecule has 0 bridgehead atoms. The zero-order valence-electron chi connectivity index (χ0n) is 27.1. The number of esters is 1. The van der Waals surface area contributed by atoms with Crippen molar-refractivity contribution in [3.05, 3.63) is 45.6 Å². The van der Waals surface area contributed by atoms with Crippen molar-refractivity contribution < 1.29 is 58.1 Å². The van der Waals surface area contributed by atoms with Gasteiger partial charge in [0.05, 0.1) is 44.4 Å². The van der Waals surface area contributed by atoms with Crippen molar-refractivity contribution >= 4 is 69.5 Å². The minimum Gasteiger partial charge on any atom is -0.504 e. The second kappa shape index (κ2) is 14.3. The number of oxime groups is 1. The van der Waals surface area contributed by atoms with Crippen molar-refractivity contribution in [1.82, 2.24) is 20.1 Å². The number of phenols is 2. The first-order chi connectivity index (χ1) is 23.8. The zero-order valence-corrected chi connectivity index (χ0v) is 28.7. The molecule has 0 unspecified atom stereocenters. The molecule has 4 amide bonds. The Kier molecular flexibility index (Phi) is 10.3. The molecule has 1 aromatic heterocycles. The van der Waals surface area contributed by atoms with E-state index in [4.69, 9.17) is 20.4 Å². The van der Waals surface area contributed by atoms with Crippen LogP contribution in [0.1, 0.15) is 40.3 Å². The van der Waals surface area contributed by atoms with Gasteiger partial charge >= 0.3 is 11.9 Å². The summed E-state index contributed by atoms with van der Waals surface area (Å²) in [6.45, 7) is 4.57. The predicted octanol–water partition coefficient (Wildman–Crippen LogP) is -0.0784. The number of fused-ring (bicyclic) bond motifs is 2. The number of anilines is 1. The first-order valence-electron chi connectivity index (χ1n) is 15.2. The number of rotatable bonds is 14. The number of carbonyl (C=O) groups is 6. The number of carboxylic acid groups (broad SMARTS) is 1. The largest absolute Gasteiger partial charge is 0.504 e. The third kappa shape index (κ3) is 6.55. The van der Waals surface area contributed by atoms with Crippen LogP contribution in [0.2, 0.25) is 0 Å². The number of amides is 4. The van der Waals surface area contributed by atoms with Gasteiger partial charge < -0.3 is 40.4 Å². The van der Waals surface area contributed by atoms with Crippen molar-refractivity contribution in [2.75, 3.05) is 57.9 Å². The van der Waals surface area contributed by atoms with E-state index in [1.165, 1.54) is 35.2 Å². The number of thioether (sulfide) groups is 1. The molecule has 0 spiro atoms. The molecule has 0 radical (unpaired) electrons. The molecule has 5 rings (SSSR count). The average Bonchev–Trinajstić information content (AvgIpc) is 3.63. The molecule has 1 saturated heterocycles. The van der Waals surface area contributed by atoms with Crippen LogP contribution in [0.15, 0.2) is 33.9 Å². The number of carbonyl (C=O) groups excluding carboxylic acids is 5. The zero-order chi connectivity index (χ0) is 36.5. The Morgan fingerprint density at radius 1 is 1.16 bits per heavy atom. The molecule has 4 heterocycles. The van der Waals surface area contributed by atoms with E-state index in [1.807, 2.05) is 13.8 Å². The van der Waals surface area contributed by atoms with Crippen molar-refractivity contribution in [1.29, 1.82) is 0 Å². The molecule has 3 aliphatic heterocycles. The van der Waals surface area contributed by atoms with Gasteiger partial charge in [-0.05, 0) is 26.0 Å². The Hall–Kier alpha value is -5.21. The summed E-state index contributed by atoms with van der Waals surface area (Å²) in [7, 11) is 1.18. The number of nitrogens with zero attached hydrogens (tertiary/aromatic N) is 5. The number of hydrogen-bond donors (Lipinski definition) is 5. The molecule has 2 atom stereocenters. The Morgan fingerprint density at radius 3 is 2.50 bits per heavy atom. The molecule has 3 aliphatic rings. The van der Waals surface area contributed by atoms with Gasteiger partial charge in [0.2, 0.25) is 6.61 Å². The molecule has 0 aliphatic carbocycles. The number of phenolic OH excluding ortho intramolecular Hbond substituents is 2. The topological polar surface area (TPSA) is 251 Å². The quantitative estimate of drug-likeness (QED) is 0.0324. The number of benzene rings is 1. The van der Waals surface area contributed by atoms with Crippen LogP contribution >= 0.6 is 23.1 Å². The fraction of sp³-hybridized carbons (Fsp3) is 0.400.